The topological polar surface area (TPSA) is 64.6 Å². The summed E-state index contributed by atoms with van der Waals surface area (Å²) in [4.78, 5) is 24.3. The van der Waals surface area contributed by atoms with E-state index in [-0.39, 0.29) is 24.2 Å². The summed E-state index contributed by atoms with van der Waals surface area (Å²) in [5, 5.41) is 2.75. The molecule has 1 amide bonds. The highest BCUT2D eigenvalue weighted by atomic mass is 19.1. The smallest absolute Gasteiger partial charge is 0.335 e. The van der Waals surface area contributed by atoms with Gasteiger partial charge in [-0.3, -0.25) is 4.79 Å². The van der Waals surface area contributed by atoms with Gasteiger partial charge < -0.3 is 14.8 Å². The van der Waals surface area contributed by atoms with Crippen LogP contribution in [0.5, 0.6) is 0 Å². The fourth-order valence-electron chi connectivity index (χ4n) is 2.08. The lowest BCUT2D eigenvalue weighted by Gasteiger charge is -2.22. The van der Waals surface area contributed by atoms with E-state index in [0.29, 0.717) is 13.0 Å². The SMILES string of the molecule is C=CCOC(C)C(=O)OC(C(=O)NCCc1ccc(F)cc1)C(C)C. The second-order valence-electron chi connectivity index (χ2n) is 6.03. The molecule has 138 valence electrons. The summed E-state index contributed by atoms with van der Waals surface area (Å²) in [5.41, 5.74) is 0.909. The summed E-state index contributed by atoms with van der Waals surface area (Å²) in [6, 6.07) is 6.08. The van der Waals surface area contributed by atoms with Crippen molar-refractivity contribution in [3.05, 3.63) is 48.3 Å². The molecule has 0 saturated heterocycles. The van der Waals surface area contributed by atoms with Crippen molar-refractivity contribution in [1.29, 1.82) is 0 Å². The monoisotopic (exact) mass is 351 g/mol. The molecule has 0 aliphatic rings. The number of benzene rings is 1. The lowest BCUT2D eigenvalue weighted by Crippen LogP contribution is -2.43. The summed E-state index contributed by atoms with van der Waals surface area (Å²) in [7, 11) is 0. The molecule has 1 N–H and O–H groups in total. The van der Waals surface area contributed by atoms with E-state index in [1.165, 1.54) is 18.2 Å². The van der Waals surface area contributed by atoms with E-state index in [1.807, 2.05) is 0 Å². The van der Waals surface area contributed by atoms with Gasteiger partial charge in [-0.15, -0.1) is 6.58 Å². The standard InChI is InChI=1S/C19H26FNO4/c1-5-12-24-14(4)19(23)25-17(13(2)3)18(22)21-11-10-15-6-8-16(20)9-7-15/h5-9,13-14,17H,1,10-12H2,2-4H3,(H,21,22). The molecule has 5 nitrogen and oxygen atoms in total. The van der Waals surface area contributed by atoms with Gasteiger partial charge >= 0.3 is 5.97 Å². The van der Waals surface area contributed by atoms with Crippen molar-refractivity contribution in [2.75, 3.05) is 13.2 Å². The molecule has 0 aromatic heterocycles. The Bertz CT molecular complexity index is 571. The van der Waals surface area contributed by atoms with Crippen molar-refractivity contribution in [1.82, 2.24) is 5.32 Å². The molecule has 0 radical (unpaired) electrons. The first-order valence-electron chi connectivity index (χ1n) is 8.30. The molecule has 0 aliphatic carbocycles. The number of halogens is 1. The second-order valence-corrected chi connectivity index (χ2v) is 6.03. The van der Waals surface area contributed by atoms with E-state index < -0.39 is 18.2 Å². The van der Waals surface area contributed by atoms with Crippen LogP contribution in [0.15, 0.2) is 36.9 Å². The van der Waals surface area contributed by atoms with Crippen molar-refractivity contribution in [2.45, 2.75) is 39.4 Å². The molecular formula is C19H26FNO4. The highest BCUT2D eigenvalue weighted by molar-refractivity contribution is 5.85. The molecule has 0 bridgehead atoms. The first-order chi connectivity index (χ1) is 11.8. The number of rotatable bonds is 10. The van der Waals surface area contributed by atoms with Crippen molar-refractivity contribution in [3.8, 4) is 0 Å². The Kier molecular flexibility index (Phi) is 8.84. The minimum Gasteiger partial charge on any atom is -0.450 e. The van der Waals surface area contributed by atoms with Gasteiger partial charge in [-0.05, 0) is 37.0 Å². The Balaban J connectivity index is 2.51. The summed E-state index contributed by atoms with van der Waals surface area (Å²) < 4.78 is 23.4. The van der Waals surface area contributed by atoms with Crippen molar-refractivity contribution in [2.24, 2.45) is 5.92 Å². The number of ether oxygens (including phenoxy) is 2. The van der Waals surface area contributed by atoms with E-state index in [0.717, 1.165) is 5.56 Å². The molecule has 1 rings (SSSR count). The van der Waals surface area contributed by atoms with Crippen LogP contribution in [0, 0.1) is 11.7 Å². The average Bonchev–Trinajstić information content (AvgIpc) is 2.58. The molecule has 2 unspecified atom stereocenters. The van der Waals surface area contributed by atoms with Crippen LogP contribution in [-0.4, -0.2) is 37.2 Å². The second kappa shape index (κ2) is 10.6. The summed E-state index contributed by atoms with van der Waals surface area (Å²) in [6.07, 6.45) is 0.428. The Morgan fingerprint density at radius 2 is 1.88 bits per heavy atom. The lowest BCUT2D eigenvalue weighted by atomic mass is 10.1. The van der Waals surface area contributed by atoms with Gasteiger partial charge in [-0.25, -0.2) is 9.18 Å². The lowest BCUT2D eigenvalue weighted by molar-refractivity contribution is -0.167. The minimum absolute atomic E-state index is 0.179. The maximum atomic E-state index is 12.9. The van der Waals surface area contributed by atoms with Gasteiger partial charge in [0.15, 0.2) is 12.2 Å². The fourth-order valence-corrected chi connectivity index (χ4v) is 2.08. The number of carbonyl (C=O) groups is 2. The van der Waals surface area contributed by atoms with Crippen LogP contribution >= 0.6 is 0 Å². The van der Waals surface area contributed by atoms with E-state index >= 15 is 0 Å². The molecule has 0 fully saturated rings. The predicted octanol–water partition coefficient (Wildman–Crippen LogP) is 2.64. The number of amides is 1. The molecule has 6 heteroatoms. The average molecular weight is 351 g/mol. The van der Waals surface area contributed by atoms with Crippen LogP contribution in [0.3, 0.4) is 0 Å². The van der Waals surface area contributed by atoms with Crippen LogP contribution in [0.4, 0.5) is 4.39 Å². The van der Waals surface area contributed by atoms with Crippen LogP contribution in [0.25, 0.3) is 0 Å². The number of carbonyl (C=O) groups excluding carboxylic acids is 2. The molecule has 1 aromatic rings. The van der Waals surface area contributed by atoms with Gasteiger partial charge in [-0.1, -0.05) is 32.1 Å². The Labute approximate surface area is 148 Å². The first-order valence-corrected chi connectivity index (χ1v) is 8.30. The molecule has 0 spiro atoms. The summed E-state index contributed by atoms with van der Waals surface area (Å²) in [6.45, 7) is 9.27. The van der Waals surface area contributed by atoms with E-state index in [9.17, 15) is 14.0 Å². The van der Waals surface area contributed by atoms with Crippen molar-refractivity contribution in [3.63, 3.8) is 0 Å². The maximum Gasteiger partial charge on any atom is 0.335 e. The van der Waals surface area contributed by atoms with Gasteiger partial charge in [0.2, 0.25) is 0 Å². The predicted molar refractivity (Wildman–Crippen MR) is 93.4 cm³/mol. The maximum absolute atomic E-state index is 12.9. The van der Waals surface area contributed by atoms with Crippen molar-refractivity contribution >= 4 is 11.9 Å². The molecule has 0 aliphatic heterocycles. The van der Waals surface area contributed by atoms with Gasteiger partial charge in [-0.2, -0.15) is 0 Å². The van der Waals surface area contributed by atoms with Crippen molar-refractivity contribution < 1.29 is 23.5 Å². The van der Waals surface area contributed by atoms with E-state index in [1.54, 1.807) is 32.9 Å². The third kappa shape index (κ3) is 7.47. The molecule has 0 heterocycles. The van der Waals surface area contributed by atoms with Gasteiger partial charge in [0.1, 0.15) is 5.82 Å². The third-order valence-electron chi connectivity index (χ3n) is 3.53. The summed E-state index contributed by atoms with van der Waals surface area (Å²) in [5.74, 6) is -1.43. The van der Waals surface area contributed by atoms with E-state index in [4.69, 9.17) is 9.47 Å². The van der Waals surface area contributed by atoms with Crippen LogP contribution < -0.4 is 5.32 Å². The molecule has 25 heavy (non-hydrogen) atoms. The highest BCUT2D eigenvalue weighted by Gasteiger charge is 2.28. The normalized spacial score (nSPS) is 13.2. The van der Waals surface area contributed by atoms with Gasteiger partial charge in [0.25, 0.3) is 5.91 Å². The molecule has 2 atom stereocenters. The zero-order valence-corrected chi connectivity index (χ0v) is 15.0. The zero-order valence-electron chi connectivity index (χ0n) is 15.0. The fraction of sp³-hybridized carbons (Fsp3) is 0.474. The largest absolute Gasteiger partial charge is 0.450 e. The number of esters is 1. The zero-order chi connectivity index (χ0) is 18.8. The molecule has 1 aromatic carbocycles. The van der Waals surface area contributed by atoms with Gasteiger partial charge in [0, 0.05) is 6.54 Å². The minimum atomic E-state index is -0.893. The highest BCUT2D eigenvalue weighted by Crippen LogP contribution is 2.10. The van der Waals surface area contributed by atoms with Crippen LogP contribution in [-0.2, 0) is 25.5 Å². The Morgan fingerprint density at radius 3 is 2.44 bits per heavy atom. The summed E-state index contributed by atoms with van der Waals surface area (Å²) >= 11 is 0. The van der Waals surface area contributed by atoms with E-state index in [2.05, 4.69) is 11.9 Å². The van der Waals surface area contributed by atoms with Crippen LogP contribution in [0.2, 0.25) is 0 Å². The van der Waals surface area contributed by atoms with Gasteiger partial charge in [0.05, 0.1) is 6.61 Å². The number of hydrogen-bond donors (Lipinski definition) is 1. The molecule has 0 saturated carbocycles. The third-order valence-corrected chi connectivity index (χ3v) is 3.53. The van der Waals surface area contributed by atoms with Crippen LogP contribution in [0.1, 0.15) is 26.3 Å². The first kappa shape index (κ1) is 20.8. The number of hydrogen-bond acceptors (Lipinski definition) is 4. The Hall–Kier alpha value is -2.21. The molecular weight excluding hydrogens is 325 g/mol. The Morgan fingerprint density at radius 1 is 1.24 bits per heavy atom. The quantitative estimate of drug-likeness (QED) is 0.520. The number of nitrogens with one attached hydrogen (secondary N) is 1.